The summed E-state index contributed by atoms with van der Waals surface area (Å²) in [5.41, 5.74) is 2.05. The van der Waals surface area contributed by atoms with E-state index < -0.39 is 0 Å². The molecule has 1 aliphatic heterocycles. The van der Waals surface area contributed by atoms with E-state index in [1.54, 1.807) is 10.9 Å². The summed E-state index contributed by atoms with van der Waals surface area (Å²) in [6.07, 6.45) is 11.5. The van der Waals surface area contributed by atoms with Gasteiger partial charge in [-0.3, -0.25) is 9.36 Å². The topological polar surface area (TPSA) is 46.9 Å². The average Bonchev–Trinajstić information content (AvgIpc) is 2.49. The summed E-state index contributed by atoms with van der Waals surface area (Å²) < 4.78 is 1.80. The predicted molar refractivity (Wildman–Crippen MR) is 81.9 cm³/mol. The Morgan fingerprint density at radius 3 is 2.75 bits per heavy atom. The van der Waals surface area contributed by atoms with Crippen molar-refractivity contribution in [1.29, 1.82) is 0 Å². The fourth-order valence-corrected chi connectivity index (χ4v) is 2.79. The van der Waals surface area contributed by atoms with Gasteiger partial charge in [0.05, 0.1) is 12.0 Å². The third-order valence-corrected chi connectivity index (χ3v) is 4.07. The molecule has 1 aromatic rings. The molecule has 2 heterocycles. The molecule has 0 unspecified atom stereocenters. The van der Waals surface area contributed by atoms with Crippen LogP contribution in [0.1, 0.15) is 63.1 Å². The molecule has 20 heavy (non-hydrogen) atoms. The van der Waals surface area contributed by atoms with E-state index in [0.29, 0.717) is 0 Å². The third kappa shape index (κ3) is 4.17. The highest BCUT2D eigenvalue weighted by molar-refractivity contribution is 5.19. The van der Waals surface area contributed by atoms with Gasteiger partial charge in [0.15, 0.2) is 0 Å². The Kier molecular flexibility index (Phi) is 6.25. The van der Waals surface area contributed by atoms with Crippen LogP contribution >= 0.6 is 0 Å². The zero-order valence-electron chi connectivity index (χ0n) is 12.7. The number of fused-ring (bicyclic) bond motifs is 1. The van der Waals surface area contributed by atoms with Gasteiger partial charge in [0.2, 0.25) is 0 Å². The van der Waals surface area contributed by atoms with Crippen molar-refractivity contribution in [1.82, 2.24) is 14.9 Å². The summed E-state index contributed by atoms with van der Waals surface area (Å²) in [6.45, 7) is 4.69. The molecular weight excluding hydrogens is 250 g/mol. The summed E-state index contributed by atoms with van der Waals surface area (Å²) in [5, 5.41) is 3.25. The van der Waals surface area contributed by atoms with E-state index in [0.717, 1.165) is 43.7 Å². The molecule has 0 bridgehead atoms. The van der Waals surface area contributed by atoms with E-state index >= 15 is 0 Å². The van der Waals surface area contributed by atoms with Gasteiger partial charge in [-0.25, -0.2) is 4.98 Å². The van der Waals surface area contributed by atoms with E-state index in [4.69, 9.17) is 0 Å². The third-order valence-electron chi connectivity index (χ3n) is 4.07. The maximum Gasteiger partial charge on any atom is 0.256 e. The second-order valence-corrected chi connectivity index (χ2v) is 5.72. The Labute approximate surface area is 121 Å². The molecular formula is C16H27N3O. The van der Waals surface area contributed by atoms with Crippen molar-refractivity contribution in [2.24, 2.45) is 0 Å². The molecule has 0 fully saturated rings. The van der Waals surface area contributed by atoms with Crippen molar-refractivity contribution < 1.29 is 0 Å². The van der Waals surface area contributed by atoms with Gasteiger partial charge >= 0.3 is 0 Å². The number of aryl methyl sites for hydroxylation is 1. The summed E-state index contributed by atoms with van der Waals surface area (Å²) in [4.78, 5) is 16.7. The zero-order chi connectivity index (χ0) is 14.2. The minimum atomic E-state index is 0.183. The van der Waals surface area contributed by atoms with Gasteiger partial charge in [0, 0.05) is 18.7 Å². The van der Waals surface area contributed by atoms with Gasteiger partial charge in [-0.15, -0.1) is 0 Å². The summed E-state index contributed by atoms with van der Waals surface area (Å²) in [7, 11) is 0. The number of rotatable bonds is 8. The largest absolute Gasteiger partial charge is 0.311 e. The molecule has 1 aliphatic rings. The van der Waals surface area contributed by atoms with Gasteiger partial charge in [-0.2, -0.15) is 0 Å². The van der Waals surface area contributed by atoms with Crippen LogP contribution in [-0.4, -0.2) is 16.1 Å². The van der Waals surface area contributed by atoms with Crippen molar-refractivity contribution in [2.75, 3.05) is 6.54 Å². The van der Waals surface area contributed by atoms with Crippen LogP contribution in [0.5, 0.6) is 0 Å². The lowest BCUT2D eigenvalue weighted by Gasteiger charge is -2.16. The van der Waals surface area contributed by atoms with Crippen LogP contribution in [0.15, 0.2) is 11.1 Å². The Morgan fingerprint density at radius 1 is 1.20 bits per heavy atom. The Bertz CT molecular complexity index is 467. The van der Waals surface area contributed by atoms with Gasteiger partial charge in [-0.1, -0.05) is 45.4 Å². The first kappa shape index (κ1) is 15.2. The van der Waals surface area contributed by atoms with Gasteiger partial charge in [0.1, 0.15) is 0 Å². The molecule has 0 radical (unpaired) electrons. The monoisotopic (exact) mass is 277 g/mol. The second kappa shape index (κ2) is 8.20. The fraction of sp³-hybridized carbons (Fsp3) is 0.750. The minimum absolute atomic E-state index is 0.183. The van der Waals surface area contributed by atoms with Crippen LogP contribution in [0.4, 0.5) is 0 Å². The lowest BCUT2D eigenvalue weighted by molar-refractivity contribution is 0.526. The summed E-state index contributed by atoms with van der Waals surface area (Å²) in [6, 6.07) is 0. The number of unbranched alkanes of at least 4 members (excludes halogenated alkanes) is 6. The molecule has 1 aromatic heterocycles. The van der Waals surface area contributed by atoms with Gasteiger partial charge in [-0.05, 0) is 19.4 Å². The van der Waals surface area contributed by atoms with E-state index in [1.165, 1.54) is 38.5 Å². The fourth-order valence-electron chi connectivity index (χ4n) is 2.79. The van der Waals surface area contributed by atoms with Gasteiger partial charge in [0.25, 0.3) is 5.56 Å². The van der Waals surface area contributed by atoms with Gasteiger partial charge < -0.3 is 5.32 Å². The zero-order valence-corrected chi connectivity index (χ0v) is 12.7. The maximum atomic E-state index is 12.3. The van der Waals surface area contributed by atoms with E-state index in [2.05, 4.69) is 17.2 Å². The number of nitrogens with one attached hydrogen (secondary N) is 1. The molecule has 0 saturated heterocycles. The van der Waals surface area contributed by atoms with E-state index in [9.17, 15) is 4.79 Å². The smallest absolute Gasteiger partial charge is 0.256 e. The molecule has 4 heteroatoms. The van der Waals surface area contributed by atoms with Crippen LogP contribution in [0.2, 0.25) is 0 Å². The number of hydrogen-bond donors (Lipinski definition) is 1. The van der Waals surface area contributed by atoms with Crippen LogP contribution in [0.25, 0.3) is 0 Å². The molecule has 2 rings (SSSR count). The normalized spacial score (nSPS) is 14.2. The Balaban J connectivity index is 1.77. The lowest BCUT2D eigenvalue weighted by atomic mass is 10.1. The average molecular weight is 277 g/mol. The Morgan fingerprint density at radius 2 is 1.95 bits per heavy atom. The molecule has 0 spiro atoms. The maximum absolute atomic E-state index is 12.3. The molecule has 1 N–H and O–H groups in total. The standard InChI is InChI=1S/C16H27N3O/c1-2-3-4-5-6-7-8-11-19-13-18-15-12-17-10-9-14(15)16(19)20/h13,17H,2-12H2,1H3. The first-order valence-corrected chi connectivity index (χ1v) is 8.11. The first-order valence-electron chi connectivity index (χ1n) is 8.11. The minimum Gasteiger partial charge on any atom is -0.311 e. The quantitative estimate of drug-likeness (QED) is 0.743. The highest BCUT2D eigenvalue weighted by Gasteiger charge is 2.14. The molecule has 4 nitrogen and oxygen atoms in total. The highest BCUT2D eigenvalue weighted by atomic mass is 16.1. The Hall–Kier alpha value is -1.16. The summed E-state index contributed by atoms with van der Waals surface area (Å²) in [5.74, 6) is 0. The molecule has 0 atom stereocenters. The van der Waals surface area contributed by atoms with Crippen molar-refractivity contribution in [3.8, 4) is 0 Å². The van der Waals surface area contributed by atoms with Crippen molar-refractivity contribution in [3.63, 3.8) is 0 Å². The van der Waals surface area contributed by atoms with Crippen LogP contribution < -0.4 is 10.9 Å². The second-order valence-electron chi connectivity index (χ2n) is 5.72. The van der Waals surface area contributed by atoms with Crippen molar-refractivity contribution in [2.45, 2.75) is 71.4 Å². The van der Waals surface area contributed by atoms with Crippen LogP contribution in [0.3, 0.4) is 0 Å². The van der Waals surface area contributed by atoms with Crippen molar-refractivity contribution in [3.05, 3.63) is 27.9 Å². The van der Waals surface area contributed by atoms with Crippen LogP contribution in [0, 0.1) is 0 Å². The number of aromatic nitrogens is 2. The molecule has 0 aromatic carbocycles. The van der Waals surface area contributed by atoms with Crippen molar-refractivity contribution >= 4 is 0 Å². The van der Waals surface area contributed by atoms with Crippen LogP contribution in [-0.2, 0) is 19.5 Å². The molecule has 0 amide bonds. The lowest BCUT2D eigenvalue weighted by Crippen LogP contribution is -2.34. The summed E-state index contributed by atoms with van der Waals surface area (Å²) >= 11 is 0. The van der Waals surface area contributed by atoms with E-state index in [1.807, 2.05) is 0 Å². The highest BCUT2D eigenvalue weighted by Crippen LogP contribution is 2.08. The predicted octanol–water partition coefficient (Wildman–Crippen LogP) is 2.64. The molecule has 0 aliphatic carbocycles. The molecule has 112 valence electrons. The number of nitrogens with zero attached hydrogens (tertiary/aromatic N) is 2. The number of hydrogen-bond acceptors (Lipinski definition) is 3. The SMILES string of the molecule is CCCCCCCCCn1cnc2c(c1=O)CCNC2. The first-order chi connectivity index (χ1) is 9.83. The molecule has 0 saturated carbocycles. The van der Waals surface area contributed by atoms with E-state index in [-0.39, 0.29) is 5.56 Å².